The summed E-state index contributed by atoms with van der Waals surface area (Å²) in [5.74, 6) is 0.741. The molecule has 1 rings (SSSR count). The van der Waals surface area contributed by atoms with Crippen LogP contribution in [0.2, 0.25) is 0 Å². The highest BCUT2D eigenvalue weighted by Gasteiger charge is 2.00. The van der Waals surface area contributed by atoms with Gasteiger partial charge in [-0.25, -0.2) is 0 Å². The van der Waals surface area contributed by atoms with E-state index in [0.717, 1.165) is 11.4 Å². The second-order valence-corrected chi connectivity index (χ2v) is 3.45. The molecule has 4 nitrogen and oxygen atoms in total. The smallest absolute Gasteiger partial charge is 0.123 e. The van der Waals surface area contributed by atoms with Gasteiger partial charge in [-0.2, -0.15) is 0 Å². The van der Waals surface area contributed by atoms with E-state index < -0.39 is 0 Å². The van der Waals surface area contributed by atoms with Gasteiger partial charge in [-0.15, -0.1) is 0 Å². The highest BCUT2D eigenvalue weighted by Crippen LogP contribution is 2.22. The number of ether oxygens (including phenoxy) is 1. The molecule has 84 valence electrons. The van der Waals surface area contributed by atoms with Crippen molar-refractivity contribution in [2.24, 2.45) is 0 Å². The summed E-state index contributed by atoms with van der Waals surface area (Å²) >= 11 is 0. The predicted molar refractivity (Wildman–Crippen MR) is 62.2 cm³/mol. The van der Waals surface area contributed by atoms with Crippen LogP contribution >= 0.6 is 0 Å². The standard InChI is InChI=1S/C11H18N2O2/c1-3-15-11-5-9(12)4-10(6-11)13-7-8(2)14/h4-6,8,13-14H,3,7,12H2,1-2H3. The summed E-state index contributed by atoms with van der Waals surface area (Å²) in [4.78, 5) is 0. The Morgan fingerprint density at radius 1 is 1.47 bits per heavy atom. The van der Waals surface area contributed by atoms with Gasteiger partial charge in [0.25, 0.3) is 0 Å². The van der Waals surface area contributed by atoms with E-state index in [-0.39, 0.29) is 6.10 Å². The lowest BCUT2D eigenvalue weighted by Crippen LogP contribution is -2.15. The monoisotopic (exact) mass is 210 g/mol. The SMILES string of the molecule is CCOc1cc(N)cc(NCC(C)O)c1. The molecule has 0 aliphatic carbocycles. The molecule has 1 atom stereocenters. The molecule has 15 heavy (non-hydrogen) atoms. The molecule has 0 amide bonds. The van der Waals surface area contributed by atoms with Crippen LogP contribution < -0.4 is 15.8 Å². The zero-order valence-electron chi connectivity index (χ0n) is 9.16. The summed E-state index contributed by atoms with van der Waals surface area (Å²) in [6, 6.07) is 5.45. The van der Waals surface area contributed by atoms with E-state index in [9.17, 15) is 0 Å². The summed E-state index contributed by atoms with van der Waals surface area (Å²) < 4.78 is 5.35. The zero-order valence-corrected chi connectivity index (χ0v) is 9.16. The number of anilines is 2. The maximum Gasteiger partial charge on any atom is 0.123 e. The van der Waals surface area contributed by atoms with E-state index in [0.29, 0.717) is 18.8 Å². The predicted octanol–water partition coefficient (Wildman–Crippen LogP) is 1.46. The maximum atomic E-state index is 9.13. The molecule has 0 fully saturated rings. The van der Waals surface area contributed by atoms with E-state index >= 15 is 0 Å². The Hall–Kier alpha value is -1.42. The number of aliphatic hydroxyl groups excluding tert-OH is 1. The van der Waals surface area contributed by atoms with Gasteiger partial charge in [0.2, 0.25) is 0 Å². The molecule has 0 aliphatic rings. The maximum absolute atomic E-state index is 9.13. The Kier molecular flexibility index (Phi) is 4.24. The normalized spacial score (nSPS) is 12.2. The summed E-state index contributed by atoms with van der Waals surface area (Å²) in [6.07, 6.45) is -0.387. The van der Waals surface area contributed by atoms with Crippen molar-refractivity contribution in [1.29, 1.82) is 0 Å². The van der Waals surface area contributed by atoms with Crippen LogP contribution in [0, 0.1) is 0 Å². The third-order valence-electron chi connectivity index (χ3n) is 1.84. The lowest BCUT2D eigenvalue weighted by atomic mass is 10.2. The molecule has 0 saturated heterocycles. The van der Waals surface area contributed by atoms with Gasteiger partial charge in [0, 0.05) is 30.1 Å². The molecule has 0 aliphatic heterocycles. The molecule has 4 N–H and O–H groups in total. The van der Waals surface area contributed by atoms with Crippen molar-refractivity contribution >= 4 is 11.4 Å². The van der Waals surface area contributed by atoms with E-state index in [1.54, 1.807) is 13.0 Å². The number of hydrogen-bond acceptors (Lipinski definition) is 4. The first kappa shape index (κ1) is 11.7. The van der Waals surface area contributed by atoms with Gasteiger partial charge in [0.05, 0.1) is 12.7 Å². The van der Waals surface area contributed by atoms with Crippen LogP contribution in [-0.2, 0) is 0 Å². The number of hydrogen-bond donors (Lipinski definition) is 3. The highest BCUT2D eigenvalue weighted by molar-refractivity contribution is 5.59. The molecule has 0 radical (unpaired) electrons. The lowest BCUT2D eigenvalue weighted by Gasteiger charge is -2.11. The second kappa shape index (κ2) is 5.46. The molecular weight excluding hydrogens is 192 g/mol. The van der Waals surface area contributed by atoms with Gasteiger partial charge >= 0.3 is 0 Å². The van der Waals surface area contributed by atoms with E-state index in [4.69, 9.17) is 15.6 Å². The largest absolute Gasteiger partial charge is 0.494 e. The number of nitrogens with two attached hydrogens (primary N) is 1. The van der Waals surface area contributed by atoms with E-state index in [1.165, 1.54) is 0 Å². The Labute approximate surface area is 90.1 Å². The van der Waals surface area contributed by atoms with E-state index in [1.807, 2.05) is 19.1 Å². The molecular formula is C11H18N2O2. The van der Waals surface area contributed by atoms with E-state index in [2.05, 4.69) is 5.32 Å². The third kappa shape index (κ3) is 4.08. The van der Waals surface area contributed by atoms with Crippen molar-refractivity contribution in [2.45, 2.75) is 20.0 Å². The summed E-state index contributed by atoms with van der Waals surface area (Å²) in [5.41, 5.74) is 7.22. The van der Waals surface area contributed by atoms with Gasteiger partial charge in [0.15, 0.2) is 0 Å². The number of rotatable bonds is 5. The first-order chi connectivity index (χ1) is 7.11. The minimum atomic E-state index is -0.387. The number of benzene rings is 1. The van der Waals surface area contributed by atoms with Gasteiger partial charge in [-0.3, -0.25) is 0 Å². The molecule has 0 aromatic heterocycles. The molecule has 4 heteroatoms. The quantitative estimate of drug-likeness (QED) is 0.644. The van der Waals surface area contributed by atoms with Gasteiger partial charge in [-0.05, 0) is 19.9 Å². The fourth-order valence-electron chi connectivity index (χ4n) is 1.24. The first-order valence-corrected chi connectivity index (χ1v) is 5.07. The van der Waals surface area contributed by atoms with Crippen LogP contribution in [0.4, 0.5) is 11.4 Å². The fourth-order valence-corrected chi connectivity index (χ4v) is 1.24. The third-order valence-corrected chi connectivity index (χ3v) is 1.84. The lowest BCUT2D eigenvalue weighted by molar-refractivity contribution is 0.208. The van der Waals surface area contributed by atoms with Crippen molar-refractivity contribution in [3.63, 3.8) is 0 Å². The fraction of sp³-hybridized carbons (Fsp3) is 0.455. The molecule has 0 heterocycles. The topological polar surface area (TPSA) is 67.5 Å². The Bertz CT molecular complexity index is 313. The van der Waals surface area contributed by atoms with Gasteiger partial charge in [0.1, 0.15) is 5.75 Å². The minimum absolute atomic E-state index is 0.387. The van der Waals surface area contributed by atoms with Crippen LogP contribution in [-0.4, -0.2) is 24.4 Å². The van der Waals surface area contributed by atoms with Crippen molar-refractivity contribution in [1.82, 2.24) is 0 Å². The summed E-state index contributed by atoms with van der Waals surface area (Å²) in [7, 11) is 0. The van der Waals surface area contributed by atoms with Crippen molar-refractivity contribution in [3.8, 4) is 5.75 Å². The van der Waals surface area contributed by atoms with Crippen LogP contribution in [0.25, 0.3) is 0 Å². The molecule has 1 aromatic rings. The second-order valence-electron chi connectivity index (χ2n) is 3.45. The van der Waals surface area contributed by atoms with Crippen LogP contribution in [0.3, 0.4) is 0 Å². The molecule has 0 spiro atoms. The number of aliphatic hydroxyl groups is 1. The van der Waals surface area contributed by atoms with Crippen LogP contribution in [0.15, 0.2) is 18.2 Å². The number of nitrogens with one attached hydrogen (secondary N) is 1. The molecule has 1 aromatic carbocycles. The van der Waals surface area contributed by atoms with Crippen LogP contribution in [0.1, 0.15) is 13.8 Å². The average molecular weight is 210 g/mol. The van der Waals surface area contributed by atoms with Gasteiger partial charge < -0.3 is 20.9 Å². The Morgan fingerprint density at radius 3 is 2.80 bits per heavy atom. The molecule has 0 saturated carbocycles. The van der Waals surface area contributed by atoms with Gasteiger partial charge in [-0.1, -0.05) is 0 Å². The molecule has 1 unspecified atom stereocenters. The first-order valence-electron chi connectivity index (χ1n) is 5.07. The Balaban J connectivity index is 2.70. The minimum Gasteiger partial charge on any atom is -0.494 e. The summed E-state index contributed by atoms with van der Waals surface area (Å²) in [6.45, 7) is 4.75. The van der Waals surface area contributed by atoms with Crippen molar-refractivity contribution in [3.05, 3.63) is 18.2 Å². The zero-order chi connectivity index (χ0) is 11.3. The number of nitrogen functional groups attached to an aromatic ring is 1. The van der Waals surface area contributed by atoms with Crippen LogP contribution in [0.5, 0.6) is 5.75 Å². The summed E-state index contributed by atoms with van der Waals surface area (Å²) in [5, 5.41) is 12.2. The Morgan fingerprint density at radius 2 is 2.20 bits per heavy atom. The van der Waals surface area contributed by atoms with Crippen molar-refractivity contribution < 1.29 is 9.84 Å². The average Bonchev–Trinajstić information content (AvgIpc) is 2.14. The highest BCUT2D eigenvalue weighted by atomic mass is 16.5. The van der Waals surface area contributed by atoms with Crippen molar-refractivity contribution in [2.75, 3.05) is 24.2 Å². The molecule has 0 bridgehead atoms.